The Morgan fingerprint density at radius 3 is 2.93 bits per heavy atom. The third-order valence-electron chi connectivity index (χ3n) is 2.98. The summed E-state index contributed by atoms with van der Waals surface area (Å²) in [6.45, 7) is 4.00. The molecule has 0 aromatic heterocycles. The largest absolute Gasteiger partial charge is 0.381 e. The Balaban J connectivity index is 1.95. The summed E-state index contributed by atoms with van der Waals surface area (Å²) in [5.41, 5.74) is 0. The van der Waals surface area contributed by atoms with Crippen LogP contribution in [0.2, 0.25) is 0 Å². The average molecular weight is 198 g/mol. The van der Waals surface area contributed by atoms with Crippen LogP contribution in [-0.2, 0) is 9.53 Å². The second-order valence-electron chi connectivity index (χ2n) is 3.96. The fourth-order valence-corrected chi connectivity index (χ4v) is 2.18. The van der Waals surface area contributed by atoms with Gasteiger partial charge in [0.25, 0.3) is 0 Å². The Bertz CT molecular complexity index is 202. The molecule has 2 aliphatic rings. The number of hydrogen-bond acceptors (Lipinski definition) is 3. The molecule has 2 heterocycles. The van der Waals surface area contributed by atoms with E-state index in [4.69, 9.17) is 4.74 Å². The van der Waals surface area contributed by atoms with E-state index in [2.05, 4.69) is 5.32 Å². The fraction of sp³-hybridized carbons (Fsp3) is 0.900. The van der Waals surface area contributed by atoms with E-state index in [0.717, 1.165) is 45.6 Å². The molecule has 80 valence electrons. The predicted molar refractivity (Wildman–Crippen MR) is 53.0 cm³/mol. The van der Waals surface area contributed by atoms with Crippen molar-refractivity contribution in [2.24, 2.45) is 0 Å². The third kappa shape index (κ3) is 2.25. The van der Waals surface area contributed by atoms with Crippen LogP contribution in [-0.4, -0.2) is 49.7 Å². The van der Waals surface area contributed by atoms with Gasteiger partial charge >= 0.3 is 0 Å². The molecule has 2 saturated heterocycles. The number of hydrogen-bond donors (Lipinski definition) is 1. The number of ether oxygens (including phenoxy) is 1. The Morgan fingerprint density at radius 1 is 1.36 bits per heavy atom. The molecule has 1 N–H and O–H groups in total. The lowest BCUT2D eigenvalue weighted by Gasteiger charge is -2.33. The topological polar surface area (TPSA) is 41.6 Å². The van der Waals surface area contributed by atoms with Crippen LogP contribution in [0.1, 0.15) is 19.3 Å². The van der Waals surface area contributed by atoms with Gasteiger partial charge in [0.2, 0.25) is 5.91 Å². The van der Waals surface area contributed by atoms with Gasteiger partial charge in [0, 0.05) is 25.8 Å². The summed E-state index contributed by atoms with van der Waals surface area (Å²) in [6.07, 6.45) is 3.08. The van der Waals surface area contributed by atoms with Crippen molar-refractivity contribution < 1.29 is 9.53 Å². The van der Waals surface area contributed by atoms with Crippen molar-refractivity contribution >= 4 is 5.91 Å². The van der Waals surface area contributed by atoms with Gasteiger partial charge in [0.1, 0.15) is 0 Å². The second-order valence-corrected chi connectivity index (χ2v) is 3.96. The molecule has 0 aromatic rings. The molecule has 0 aromatic carbocycles. The molecule has 0 spiro atoms. The van der Waals surface area contributed by atoms with Gasteiger partial charge in [-0.25, -0.2) is 0 Å². The normalized spacial score (nSPS) is 26.3. The lowest BCUT2D eigenvalue weighted by molar-refractivity contribution is -0.133. The van der Waals surface area contributed by atoms with Crippen LogP contribution in [0.15, 0.2) is 0 Å². The lowest BCUT2D eigenvalue weighted by Crippen LogP contribution is -2.45. The molecular formula is C10H18N2O2. The quantitative estimate of drug-likeness (QED) is 0.644. The Hall–Kier alpha value is -0.610. The summed E-state index contributed by atoms with van der Waals surface area (Å²) in [5, 5.41) is 3.14. The molecule has 4 nitrogen and oxygen atoms in total. The molecule has 1 amide bonds. The zero-order chi connectivity index (χ0) is 9.80. The molecule has 0 saturated carbocycles. The third-order valence-corrected chi connectivity index (χ3v) is 2.98. The summed E-state index contributed by atoms with van der Waals surface area (Å²) in [6, 6.07) is 0.427. The second kappa shape index (κ2) is 4.75. The zero-order valence-electron chi connectivity index (χ0n) is 8.50. The van der Waals surface area contributed by atoms with E-state index in [0.29, 0.717) is 12.6 Å². The molecule has 2 rings (SSSR count). The van der Waals surface area contributed by atoms with E-state index in [1.807, 2.05) is 4.90 Å². The van der Waals surface area contributed by atoms with Crippen molar-refractivity contribution in [1.29, 1.82) is 0 Å². The molecule has 0 atom stereocenters. The SMILES string of the molecule is O=C1CNCCCN1C1CCOCC1. The first-order valence-electron chi connectivity index (χ1n) is 5.46. The number of carbonyl (C=O) groups excluding carboxylic acids is 1. The first-order chi connectivity index (χ1) is 6.88. The van der Waals surface area contributed by atoms with Crippen LogP contribution >= 0.6 is 0 Å². The van der Waals surface area contributed by atoms with Gasteiger partial charge in [-0.05, 0) is 25.8 Å². The van der Waals surface area contributed by atoms with E-state index >= 15 is 0 Å². The lowest BCUT2D eigenvalue weighted by atomic mass is 10.1. The summed E-state index contributed by atoms with van der Waals surface area (Å²) >= 11 is 0. The maximum Gasteiger partial charge on any atom is 0.236 e. The van der Waals surface area contributed by atoms with Crippen molar-refractivity contribution in [2.45, 2.75) is 25.3 Å². The highest BCUT2D eigenvalue weighted by molar-refractivity contribution is 5.78. The minimum absolute atomic E-state index is 0.259. The van der Waals surface area contributed by atoms with Gasteiger partial charge in [0.15, 0.2) is 0 Å². The first-order valence-corrected chi connectivity index (χ1v) is 5.46. The van der Waals surface area contributed by atoms with Crippen molar-refractivity contribution in [2.75, 3.05) is 32.8 Å². The number of nitrogens with zero attached hydrogens (tertiary/aromatic N) is 1. The summed E-state index contributed by atoms with van der Waals surface area (Å²) in [5.74, 6) is 0.259. The van der Waals surface area contributed by atoms with Crippen LogP contribution in [0, 0.1) is 0 Å². The molecular weight excluding hydrogens is 180 g/mol. The number of amides is 1. The van der Waals surface area contributed by atoms with Crippen LogP contribution in [0.5, 0.6) is 0 Å². The maximum absolute atomic E-state index is 11.7. The van der Waals surface area contributed by atoms with Crippen LogP contribution in [0.4, 0.5) is 0 Å². The van der Waals surface area contributed by atoms with Gasteiger partial charge < -0.3 is 15.0 Å². The van der Waals surface area contributed by atoms with Gasteiger partial charge in [-0.3, -0.25) is 4.79 Å². The van der Waals surface area contributed by atoms with Gasteiger partial charge in [-0.15, -0.1) is 0 Å². The zero-order valence-corrected chi connectivity index (χ0v) is 8.50. The summed E-state index contributed by atoms with van der Waals surface area (Å²) in [4.78, 5) is 13.8. The van der Waals surface area contributed by atoms with Crippen molar-refractivity contribution in [3.8, 4) is 0 Å². The molecule has 2 fully saturated rings. The van der Waals surface area contributed by atoms with Crippen LogP contribution in [0.3, 0.4) is 0 Å². The Labute approximate surface area is 84.6 Å². The van der Waals surface area contributed by atoms with E-state index in [1.165, 1.54) is 0 Å². The molecule has 0 radical (unpaired) electrons. The number of rotatable bonds is 1. The van der Waals surface area contributed by atoms with Gasteiger partial charge in [-0.1, -0.05) is 0 Å². The molecule has 14 heavy (non-hydrogen) atoms. The predicted octanol–water partition coefficient (Wildman–Crippen LogP) is -0.0127. The van der Waals surface area contributed by atoms with Crippen LogP contribution < -0.4 is 5.32 Å². The first kappa shape index (κ1) is 9.93. The van der Waals surface area contributed by atoms with E-state index in [9.17, 15) is 4.79 Å². The highest BCUT2D eigenvalue weighted by Crippen LogP contribution is 2.15. The minimum Gasteiger partial charge on any atom is -0.381 e. The average Bonchev–Trinajstić information content (AvgIpc) is 2.44. The monoisotopic (exact) mass is 198 g/mol. The smallest absolute Gasteiger partial charge is 0.236 e. The molecule has 0 unspecified atom stereocenters. The molecule has 4 heteroatoms. The maximum atomic E-state index is 11.7. The van der Waals surface area contributed by atoms with Gasteiger partial charge in [-0.2, -0.15) is 0 Å². The molecule has 0 aliphatic carbocycles. The van der Waals surface area contributed by atoms with Crippen molar-refractivity contribution in [3.05, 3.63) is 0 Å². The summed E-state index contributed by atoms with van der Waals surface area (Å²) in [7, 11) is 0. The molecule has 0 bridgehead atoms. The number of carbonyl (C=O) groups is 1. The number of nitrogens with one attached hydrogen (secondary N) is 1. The van der Waals surface area contributed by atoms with Gasteiger partial charge in [0.05, 0.1) is 6.54 Å². The summed E-state index contributed by atoms with van der Waals surface area (Å²) < 4.78 is 5.30. The molecule has 2 aliphatic heterocycles. The van der Waals surface area contributed by atoms with Crippen molar-refractivity contribution in [1.82, 2.24) is 10.2 Å². The highest BCUT2D eigenvalue weighted by Gasteiger charge is 2.26. The Morgan fingerprint density at radius 2 is 2.14 bits per heavy atom. The highest BCUT2D eigenvalue weighted by atomic mass is 16.5. The Kier molecular flexibility index (Phi) is 3.37. The fourth-order valence-electron chi connectivity index (χ4n) is 2.18. The van der Waals surface area contributed by atoms with E-state index < -0.39 is 0 Å². The minimum atomic E-state index is 0.259. The standard InChI is InChI=1S/C10H18N2O2/c13-10-8-11-4-1-5-12(10)9-2-6-14-7-3-9/h9,11H,1-8H2. The van der Waals surface area contributed by atoms with Crippen molar-refractivity contribution in [3.63, 3.8) is 0 Å². The van der Waals surface area contributed by atoms with E-state index in [1.54, 1.807) is 0 Å². The van der Waals surface area contributed by atoms with E-state index in [-0.39, 0.29) is 5.91 Å². The van der Waals surface area contributed by atoms with Crippen LogP contribution in [0.25, 0.3) is 0 Å².